The van der Waals surface area contributed by atoms with Gasteiger partial charge >= 0.3 is 0 Å². The van der Waals surface area contributed by atoms with Crippen LogP contribution in [0.15, 0.2) is 30.3 Å². The molecule has 2 aromatic carbocycles. The van der Waals surface area contributed by atoms with Crippen LogP contribution >= 0.6 is 11.6 Å². The van der Waals surface area contributed by atoms with Gasteiger partial charge in [0.1, 0.15) is 24.6 Å². The zero-order valence-electron chi connectivity index (χ0n) is 12.2. The van der Waals surface area contributed by atoms with Crippen LogP contribution in [0.4, 0.5) is 8.78 Å². The first-order chi connectivity index (χ1) is 11.5. The summed E-state index contributed by atoms with van der Waals surface area (Å²) in [4.78, 5) is 11.1. The molecule has 0 saturated carbocycles. The quantitative estimate of drug-likeness (QED) is 0.915. The molecule has 2 N–H and O–H groups in total. The van der Waals surface area contributed by atoms with Gasteiger partial charge < -0.3 is 19.9 Å². The minimum absolute atomic E-state index is 0.0767. The van der Waals surface area contributed by atoms with Crippen molar-refractivity contribution in [2.24, 2.45) is 5.73 Å². The zero-order chi connectivity index (χ0) is 17.3. The molecule has 3 rings (SSSR count). The second-order valence-electron chi connectivity index (χ2n) is 5.05. The van der Waals surface area contributed by atoms with Crippen molar-refractivity contribution in [3.8, 4) is 17.2 Å². The summed E-state index contributed by atoms with van der Waals surface area (Å²) >= 11 is 5.88. The maximum absolute atomic E-state index is 14.1. The summed E-state index contributed by atoms with van der Waals surface area (Å²) in [5, 5.41) is 0.481. The van der Waals surface area contributed by atoms with E-state index in [0.717, 1.165) is 12.1 Å². The van der Waals surface area contributed by atoms with Crippen LogP contribution in [0.1, 0.15) is 10.4 Å². The van der Waals surface area contributed by atoms with Gasteiger partial charge in [0.05, 0.1) is 0 Å². The number of hydrogen-bond donors (Lipinski definition) is 1. The SMILES string of the molecule is NC(=O)c1c(F)ccc(OC[C@@H]2COc3ccc(Cl)cc3O2)c1F. The molecule has 0 unspecified atom stereocenters. The molecule has 1 aliphatic rings. The molecule has 5 nitrogen and oxygen atoms in total. The molecule has 24 heavy (non-hydrogen) atoms. The summed E-state index contributed by atoms with van der Waals surface area (Å²) in [5.74, 6) is -2.72. The highest BCUT2D eigenvalue weighted by atomic mass is 35.5. The van der Waals surface area contributed by atoms with Crippen molar-refractivity contribution in [3.63, 3.8) is 0 Å². The van der Waals surface area contributed by atoms with E-state index in [9.17, 15) is 13.6 Å². The lowest BCUT2D eigenvalue weighted by Crippen LogP contribution is -2.34. The number of hydrogen-bond acceptors (Lipinski definition) is 4. The average molecular weight is 356 g/mol. The third kappa shape index (κ3) is 3.21. The number of halogens is 3. The molecule has 1 amide bonds. The molecule has 0 aliphatic carbocycles. The normalized spacial score (nSPS) is 15.9. The molecule has 0 saturated heterocycles. The van der Waals surface area contributed by atoms with Gasteiger partial charge in [-0.2, -0.15) is 0 Å². The Balaban J connectivity index is 1.71. The topological polar surface area (TPSA) is 70.8 Å². The molecule has 1 atom stereocenters. The molecular formula is C16H12ClF2NO4. The van der Waals surface area contributed by atoms with Gasteiger partial charge in [-0.25, -0.2) is 8.78 Å². The van der Waals surface area contributed by atoms with Gasteiger partial charge in [0.25, 0.3) is 5.91 Å². The Morgan fingerprint density at radius 3 is 2.83 bits per heavy atom. The number of amides is 1. The Morgan fingerprint density at radius 2 is 2.08 bits per heavy atom. The fourth-order valence-electron chi connectivity index (χ4n) is 2.23. The van der Waals surface area contributed by atoms with E-state index in [1.807, 2.05) is 0 Å². The number of primary amides is 1. The molecule has 8 heteroatoms. The Kier molecular flexibility index (Phi) is 4.44. The van der Waals surface area contributed by atoms with Crippen LogP contribution in [0, 0.1) is 11.6 Å². The summed E-state index contributed by atoms with van der Waals surface area (Å²) in [6, 6.07) is 6.91. The number of ether oxygens (including phenoxy) is 3. The van der Waals surface area contributed by atoms with Crippen LogP contribution in [0.5, 0.6) is 17.2 Å². The van der Waals surface area contributed by atoms with Gasteiger partial charge in [-0.15, -0.1) is 0 Å². The minimum Gasteiger partial charge on any atom is -0.486 e. The Hall–Kier alpha value is -2.54. The first-order valence-corrected chi connectivity index (χ1v) is 7.33. The van der Waals surface area contributed by atoms with Crippen LogP contribution in [0.2, 0.25) is 5.02 Å². The molecule has 1 aliphatic heterocycles. The number of nitrogens with two attached hydrogens (primary N) is 1. The molecule has 0 aromatic heterocycles. The van der Waals surface area contributed by atoms with E-state index in [1.165, 1.54) is 0 Å². The van der Waals surface area contributed by atoms with Crippen molar-refractivity contribution in [2.75, 3.05) is 13.2 Å². The van der Waals surface area contributed by atoms with Crippen LogP contribution in [0.25, 0.3) is 0 Å². The lowest BCUT2D eigenvalue weighted by Gasteiger charge is -2.26. The van der Waals surface area contributed by atoms with E-state index in [2.05, 4.69) is 0 Å². The first-order valence-electron chi connectivity index (χ1n) is 6.95. The van der Waals surface area contributed by atoms with Crippen molar-refractivity contribution in [1.29, 1.82) is 0 Å². The second-order valence-corrected chi connectivity index (χ2v) is 5.49. The summed E-state index contributed by atoms with van der Waals surface area (Å²) in [6.45, 7) is 0.104. The molecule has 0 bridgehead atoms. The highest BCUT2D eigenvalue weighted by Crippen LogP contribution is 2.34. The zero-order valence-corrected chi connectivity index (χ0v) is 13.0. The lowest BCUT2D eigenvalue weighted by atomic mass is 10.1. The largest absolute Gasteiger partial charge is 0.486 e. The monoisotopic (exact) mass is 355 g/mol. The van der Waals surface area contributed by atoms with Gasteiger partial charge in [-0.05, 0) is 24.3 Å². The first kappa shape index (κ1) is 16.3. The molecule has 1 heterocycles. The second kappa shape index (κ2) is 6.52. The van der Waals surface area contributed by atoms with E-state index in [1.54, 1.807) is 18.2 Å². The maximum Gasteiger partial charge on any atom is 0.254 e. The molecular weight excluding hydrogens is 344 g/mol. The lowest BCUT2D eigenvalue weighted by molar-refractivity contribution is 0.0523. The Bertz CT molecular complexity index is 800. The summed E-state index contributed by atoms with van der Waals surface area (Å²) in [5.41, 5.74) is 4.12. The highest BCUT2D eigenvalue weighted by molar-refractivity contribution is 6.30. The molecule has 126 valence electrons. The standard InChI is InChI=1S/C16H12ClF2NO4/c17-8-1-3-11-13(5-8)24-9(6-22-11)7-23-12-4-2-10(18)14(15(12)19)16(20)21/h1-5,9H,6-7H2,(H2,20,21)/t9-/m0/s1. The fraction of sp³-hybridized carbons (Fsp3) is 0.188. The van der Waals surface area contributed by atoms with Crippen molar-refractivity contribution in [3.05, 3.63) is 52.6 Å². The number of fused-ring (bicyclic) bond motifs is 1. The van der Waals surface area contributed by atoms with Crippen LogP contribution < -0.4 is 19.9 Å². The van der Waals surface area contributed by atoms with Gasteiger partial charge in [-0.3, -0.25) is 4.79 Å². The fourth-order valence-corrected chi connectivity index (χ4v) is 2.39. The molecule has 0 radical (unpaired) electrons. The van der Waals surface area contributed by atoms with E-state index < -0.39 is 29.2 Å². The minimum atomic E-state index is -1.21. The van der Waals surface area contributed by atoms with E-state index in [4.69, 9.17) is 31.5 Å². The number of benzene rings is 2. The van der Waals surface area contributed by atoms with Crippen molar-refractivity contribution >= 4 is 17.5 Å². The van der Waals surface area contributed by atoms with Gasteiger partial charge in [-0.1, -0.05) is 11.6 Å². The van der Waals surface area contributed by atoms with Gasteiger partial charge in [0.2, 0.25) is 0 Å². The average Bonchev–Trinajstić information content (AvgIpc) is 2.53. The van der Waals surface area contributed by atoms with Crippen LogP contribution in [0.3, 0.4) is 0 Å². The highest BCUT2D eigenvalue weighted by Gasteiger charge is 2.24. The van der Waals surface area contributed by atoms with Crippen LogP contribution in [-0.4, -0.2) is 25.2 Å². The van der Waals surface area contributed by atoms with Crippen LogP contribution in [-0.2, 0) is 0 Å². The van der Waals surface area contributed by atoms with Crippen molar-refractivity contribution < 1.29 is 27.8 Å². The van der Waals surface area contributed by atoms with E-state index in [0.29, 0.717) is 16.5 Å². The predicted octanol–water partition coefficient (Wildman–Crippen LogP) is 2.94. The Labute approximate surface area is 140 Å². The third-order valence-corrected chi connectivity index (χ3v) is 3.59. The van der Waals surface area contributed by atoms with Gasteiger partial charge in [0.15, 0.2) is 29.2 Å². The number of carbonyl (C=O) groups is 1. The van der Waals surface area contributed by atoms with Gasteiger partial charge in [0, 0.05) is 11.1 Å². The summed E-state index contributed by atoms with van der Waals surface area (Å²) < 4.78 is 43.9. The molecule has 0 spiro atoms. The molecule has 2 aromatic rings. The summed E-state index contributed by atoms with van der Waals surface area (Å²) in [6.07, 6.45) is -0.530. The van der Waals surface area contributed by atoms with Crippen molar-refractivity contribution in [1.82, 2.24) is 0 Å². The van der Waals surface area contributed by atoms with E-state index >= 15 is 0 Å². The number of carbonyl (C=O) groups excluding carboxylic acids is 1. The molecule has 0 fully saturated rings. The maximum atomic E-state index is 14.1. The number of rotatable bonds is 4. The Morgan fingerprint density at radius 1 is 1.29 bits per heavy atom. The summed E-state index contributed by atoms with van der Waals surface area (Å²) in [7, 11) is 0. The van der Waals surface area contributed by atoms with E-state index in [-0.39, 0.29) is 19.0 Å². The smallest absolute Gasteiger partial charge is 0.254 e. The predicted molar refractivity (Wildman–Crippen MR) is 81.7 cm³/mol. The van der Waals surface area contributed by atoms with Crippen molar-refractivity contribution in [2.45, 2.75) is 6.10 Å². The third-order valence-electron chi connectivity index (χ3n) is 3.35.